The van der Waals surface area contributed by atoms with E-state index >= 15 is 0 Å². The summed E-state index contributed by atoms with van der Waals surface area (Å²) in [6.07, 6.45) is -2.47. The van der Waals surface area contributed by atoms with Gasteiger partial charge in [0, 0.05) is 12.1 Å². The average Bonchev–Trinajstić information content (AvgIpc) is 2.94. The van der Waals surface area contributed by atoms with Gasteiger partial charge in [-0.15, -0.1) is 25.6 Å². The molecule has 0 spiro atoms. The maximum Gasteiger partial charge on any atom is 0.573 e. The van der Waals surface area contributed by atoms with Gasteiger partial charge in [-0.1, -0.05) is 25.1 Å². The lowest BCUT2D eigenvalue weighted by molar-refractivity contribution is -0.274. The molecule has 8 heteroatoms. The van der Waals surface area contributed by atoms with Crippen molar-refractivity contribution in [3.8, 4) is 5.75 Å². The number of alkyl halides is 3. The molecule has 4 nitrogen and oxygen atoms in total. The molecule has 1 heterocycles. The summed E-state index contributed by atoms with van der Waals surface area (Å²) in [5.41, 5.74) is -0.322. The molecule has 0 saturated carbocycles. The van der Waals surface area contributed by atoms with Crippen LogP contribution in [0, 0.1) is 0 Å². The third-order valence-electron chi connectivity index (χ3n) is 3.92. The predicted molar refractivity (Wildman–Crippen MR) is 82.5 cm³/mol. The second-order valence-corrected chi connectivity index (χ2v) is 5.30. The Kier molecular flexibility index (Phi) is 6.70. The van der Waals surface area contributed by atoms with Crippen molar-refractivity contribution in [2.75, 3.05) is 6.54 Å². The quantitative estimate of drug-likeness (QED) is 0.856. The fourth-order valence-corrected chi connectivity index (χ4v) is 2.68. The Labute approximate surface area is 139 Å². The Morgan fingerprint density at radius 3 is 2.65 bits per heavy atom. The summed E-state index contributed by atoms with van der Waals surface area (Å²) < 4.78 is 41.1. The standard InChI is InChI=1S/C15H19F3N2O2.ClH/c1-2-14(8-5-9-20-14)13(21)19-10-11-6-3-4-7-12(11)22-15(16,17)18;/h3-4,6-7,20H,2,5,8-10H2,1H3,(H,19,21);1H. The lowest BCUT2D eigenvalue weighted by atomic mass is 9.93. The Morgan fingerprint density at radius 1 is 1.39 bits per heavy atom. The van der Waals surface area contributed by atoms with Crippen LogP contribution in [-0.4, -0.2) is 24.4 Å². The molecule has 1 aromatic carbocycles. The van der Waals surface area contributed by atoms with Crippen LogP contribution in [0.3, 0.4) is 0 Å². The van der Waals surface area contributed by atoms with Gasteiger partial charge in [-0.3, -0.25) is 4.79 Å². The summed E-state index contributed by atoms with van der Waals surface area (Å²) in [6.45, 7) is 2.68. The molecule has 1 unspecified atom stereocenters. The first-order valence-electron chi connectivity index (χ1n) is 7.23. The first-order valence-corrected chi connectivity index (χ1v) is 7.23. The van der Waals surface area contributed by atoms with Gasteiger partial charge in [-0.05, 0) is 31.9 Å². The van der Waals surface area contributed by atoms with Gasteiger partial charge in [0.2, 0.25) is 5.91 Å². The second-order valence-electron chi connectivity index (χ2n) is 5.30. The fourth-order valence-electron chi connectivity index (χ4n) is 2.68. The normalized spacial score (nSPS) is 20.7. The van der Waals surface area contributed by atoms with Crippen molar-refractivity contribution in [1.82, 2.24) is 10.6 Å². The van der Waals surface area contributed by atoms with Crippen LogP contribution in [0.1, 0.15) is 31.7 Å². The van der Waals surface area contributed by atoms with Gasteiger partial charge < -0.3 is 15.4 Å². The van der Waals surface area contributed by atoms with Crippen LogP contribution in [0.25, 0.3) is 0 Å². The van der Waals surface area contributed by atoms with Crippen LogP contribution in [-0.2, 0) is 11.3 Å². The zero-order chi connectivity index (χ0) is 16.2. The van der Waals surface area contributed by atoms with Crippen LogP contribution in [0.4, 0.5) is 13.2 Å². The van der Waals surface area contributed by atoms with Crippen molar-refractivity contribution < 1.29 is 22.7 Å². The molecule has 1 saturated heterocycles. The number of hydrogen-bond donors (Lipinski definition) is 2. The fraction of sp³-hybridized carbons (Fsp3) is 0.533. The number of ether oxygens (including phenoxy) is 1. The van der Waals surface area contributed by atoms with E-state index in [0.717, 1.165) is 19.4 Å². The van der Waals surface area contributed by atoms with Crippen LogP contribution >= 0.6 is 12.4 Å². The molecule has 2 N–H and O–H groups in total. The number of amides is 1. The highest BCUT2D eigenvalue weighted by Crippen LogP contribution is 2.27. The minimum absolute atomic E-state index is 0. The monoisotopic (exact) mass is 352 g/mol. The Morgan fingerprint density at radius 2 is 2.09 bits per heavy atom. The molecule has 0 bridgehead atoms. The summed E-state index contributed by atoms with van der Waals surface area (Å²) in [5, 5.41) is 5.90. The number of carbonyl (C=O) groups is 1. The lowest BCUT2D eigenvalue weighted by Gasteiger charge is -2.27. The van der Waals surface area contributed by atoms with Crippen molar-refractivity contribution in [2.24, 2.45) is 0 Å². The Hall–Kier alpha value is -1.47. The number of carbonyl (C=O) groups excluding carboxylic acids is 1. The van der Waals surface area contributed by atoms with Gasteiger partial charge >= 0.3 is 6.36 Å². The maximum atomic E-state index is 12.4. The molecule has 1 amide bonds. The van der Waals surface area contributed by atoms with E-state index in [1.807, 2.05) is 6.92 Å². The van der Waals surface area contributed by atoms with Gasteiger partial charge in [0.1, 0.15) is 5.75 Å². The summed E-state index contributed by atoms with van der Waals surface area (Å²) in [5.74, 6) is -0.477. The molecule has 1 aliphatic rings. The van der Waals surface area contributed by atoms with Gasteiger partial charge in [-0.25, -0.2) is 0 Å². The molecule has 1 aromatic rings. The largest absolute Gasteiger partial charge is 0.573 e. The number of para-hydroxylation sites is 1. The molecule has 1 fully saturated rings. The minimum atomic E-state index is -4.75. The topological polar surface area (TPSA) is 50.4 Å². The summed E-state index contributed by atoms with van der Waals surface area (Å²) in [4.78, 5) is 12.3. The molecule has 2 rings (SSSR count). The Bertz CT molecular complexity index is 532. The summed E-state index contributed by atoms with van der Waals surface area (Å²) in [6, 6.07) is 5.80. The number of benzene rings is 1. The highest BCUT2D eigenvalue weighted by atomic mass is 35.5. The molecular formula is C15H20ClF3N2O2. The average molecular weight is 353 g/mol. The van der Waals surface area contributed by atoms with E-state index in [1.165, 1.54) is 18.2 Å². The van der Waals surface area contributed by atoms with E-state index in [1.54, 1.807) is 6.07 Å². The summed E-state index contributed by atoms with van der Waals surface area (Å²) >= 11 is 0. The zero-order valence-electron chi connectivity index (χ0n) is 12.7. The third-order valence-corrected chi connectivity index (χ3v) is 3.92. The first kappa shape index (κ1) is 19.6. The van der Waals surface area contributed by atoms with E-state index in [2.05, 4.69) is 15.4 Å². The molecule has 0 radical (unpaired) electrons. The van der Waals surface area contributed by atoms with Crippen molar-refractivity contribution in [3.63, 3.8) is 0 Å². The molecular weight excluding hydrogens is 333 g/mol. The van der Waals surface area contributed by atoms with Gasteiger partial charge in [-0.2, -0.15) is 0 Å². The first-order chi connectivity index (χ1) is 10.4. The highest BCUT2D eigenvalue weighted by Gasteiger charge is 2.39. The molecule has 1 atom stereocenters. The molecule has 23 heavy (non-hydrogen) atoms. The summed E-state index contributed by atoms with van der Waals surface area (Å²) in [7, 11) is 0. The van der Waals surface area contributed by atoms with Gasteiger partial charge in [0.25, 0.3) is 0 Å². The predicted octanol–water partition coefficient (Wildman–Crippen LogP) is 3.16. The van der Waals surface area contributed by atoms with Crippen LogP contribution in [0.15, 0.2) is 24.3 Å². The van der Waals surface area contributed by atoms with Crippen molar-refractivity contribution in [1.29, 1.82) is 0 Å². The maximum absolute atomic E-state index is 12.4. The number of rotatable bonds is 5. The number of nitrogens with one attached hydrogen (secondary N) is 2. The molecule has 1 aliphatic heterocycles. The van der Waals surface area contributed by atoms with Crippen LogP contribution < -0.4 is 15.4 Å². The van der Waals surface area contributed by atoms with Crippen molar-refractivity contribution >= 4 is 18.3 Å². The lowest BCUT2D eigenvalue weighted by Crippen LogP contribution is -2.52. The van der Waals surface area contributed by atoms with Gasteiger partial charge in [0.15, 0.2) is 0 Å². The molecule has 130 valence electrons. The van der Waals surface area contributed by atoms with Gasteiger partial charge in [0.05, 0.1) is 5.54 Å². The second kappa shape index (κ2) is 7.88. The number of halogens is 4. The van der Waals surface area contributed by atoms with Crippen LogP contribution in [0.2, 0.25) is 0 Å². The SMILES string of the molecule is CCC1(C(=O)NCc2ccccc2OC(F)(F)F)CCCN1.Cl. The minimum Gasteiger partial charge on any atom is -0.405 e. The molecule has 0 aliphatic carbocycles. The van der Waals surface area contributed by atoms with Crippen molar-refractivity contribution in [3.05, 3.63) is 29.8 Å². The van der Waals surface area contributed by atoms with E-state index in [4.69, 9.17) is 0 Å². The molecule has 0 aromatic heterocycles. The zero-order valence-corrected chi connectivity index (χ0v) is 13.5. The van der Waals surface area contributed by atoms with Crippen molar-refractivity contribution in [2.45, 2.75) is 44.6 Å². The highest BCUT2D eigenvalue weighted by molar-refractivity contribution is 5.86. The van der Waals surface area contributed by atoms with E-state index < -0.39 is 11.9 Å². The van der Waals surface area contributed by atoms with E-state index in [0.29, 0.717) is 6.42 Å². The van der Waals surface area contributed by atoms with Crippen LogP contribution in [0.5, 0.6) is 5.75 Å². The Balaban J connectivity index is 0.00000264. The number of hydrogen-bond acceptors (Lipinski definition) is 3. The third kappa shape index (κ3) is 5.00. The van der Waals surface area contributed by atoms with E-state index in [-0.39, 0.29) is 36.2 Å². The smallest absolute Gasteiger partial charge is 0.405 e. The van der Waals surface area contributed by atoms with E-state index in [9.17, 15) is 18.0 Å².